The lowest BCUT2D eigenvalue weighted by Crippen LogP contribution is -2.03. The monoisotopic (exact) mass is 480 g/mol. The Hall–Kier alpha value is 2.41. The number of halogens is 3. The van der Waals surface area contributed by atoms with Gasteiger partial charge in [0.25, 0.3) is 0.564 Å². The van der Waals surface area contributed by atoms with Crippen molar-refractivity contribution in [2.75, 3.05) is 0 Å². The minimum absolute atomic E-state index is 0.784. The van der Waals surface area contributed by atoms with Crippen LogP contribution in [-0.4, -0.2) is 0.564 Å². The van der Waals surface area contributed by atoms with E-state index in [2.05, 4.69) is 72.3 Å². The molecule has 0 aliphatic carbocycles. The molecule has 0 unspecified atom stereocenters. The summed E-state index contributed by atoms with van der Waals surface area (Å²) >= 11 is 7.89. The van der Waals surface area contributed by atoms with Gasteiger partial charge in [-0.2, -0.15) is 0 Å². The van der Waals surface area contributed by atoms with E-state index in [9.17, 15) is 0 Å². The van der Waals surface area contributed by atoms with Crippen molar-refractivity contribution in [1.82, 2.24) is 0 Å². The van der Waals surface area contributed by atoms with Crippen molar-refractivity contribution in [2.24, 2.45) is 0 Å². The Labute approximate surface area is 96.6 Å². The third kappa shape index (κ3) is 10.4. The van der Waals surface area contributed by atoms with Gasteiger partial charge < -0.3 is 0 Å². The van der Waals surface area contributed by atoms with Gasteiger partial charge in [-0.25, -0.2) is 0 Å². The first-order valence-corrected chi connectivity index (χ1v) is 14.7. The molecule has 0 bridgehead atoms. The summed E-state index contributed by atoms with van der Waals surface area (Å²) < 4.78 is -0.784. The van der Waals surface area contributed by atoms with E-state index in [1.807, 2.05) is 0 Å². The molecule has 9 heavy (non-hydrogen) atoms. The summed E-state index contributed by atoms with van der Waals surface area (Å²) in [7, 11) is 0. The first-order valence-electron chi connectivity index (χ1n) is 3.13. The van der Waals surface area contributed by atoms with Gasteiger partial charge in [0.1, 0.15) is 0 Å². The minimum atomic E-state index is -0.784. The molecule has 0 saturated heterocycles. The Morgan fingerprint density at radius 2 is 1.67 bits per heavy atom. The highest BCUT2D eigenvalue weighted by Crippen LogP contribution is 2.35. The molecule has 4 heteroatoms. The average molecular weight is 480 g/mol. The third-order valence-corrected chi connectivity index (χ3v) is 6.84. The molecule has 0 radical (unpaired) electrons. The van der Waals surface area contributed by atoms with Gasteiger partial charge in [0, 0.05) is 0 Å². The predicted molar refractivity (Wildman–Crippen MR) is 72.1 cm³/mol. The summed E-state index contributed by atoms with van der Waals surface area (Å²) in [6.45, 7) is 2.26. The molecular weight excluding hydrogens is 469 g/mol. The van der Waals surface area contributed by atoms with Crippen LogP contribution in [0.15, 0.2) is 0 Å². The van der Waals surface area contributed by atoms with E-state index >= 15 is 0 Å². The lowest BCUT2D eigenvalue weighted by atomic mass is 10.3. The zero-order valence-corrected chi connectivity index (χ0v) is 12.9. The van der Waals surface area contributed by atoms with Crippen molar-refractivity contribution in [3.63, 3.8) is 0 Å². The van der Waals surface area contributed by atoms with Crippen molar-refractivity contribution in [3.8, 4) is 0 Å². The molecule has 0 aromatic heterocycles. The van der Waals surface area contributed by atoms with E-state index < -0.39 is 0.564 Å². The molecule has 0 aliphatic heterocycles. The van der Waals surface area contributed by atoms with Crippen LogP contribution in [0.3, 0.4) is 0 Å². The molecule has 0 spiro atoms. The lowest BCUT2D eigenvalue weighted by molar-refractivity contribution is 0.770. The summed E-state index contributed by atoms with van der Waals surface area (Å²) in [6, 6.07) is 1.47. The smallest absolute Gasteiger partial charge is 0.0909 e. The van der Waals surface area contributed by atoms with Crippen molar-refractivity contribution >= 4 is 66.0 Å². The molecule has 0 atom stereocenters. The Bertz CT molecular complexity index is 69.1. The van der Waals surface area contributed by atoms with Crippen LogP contribution in [0, 0.1) is 0 Å². The minimum Gasteiger partial charge on any atom is -0.0909 e. The van der Waals surface area contributed by atoms with Crippen LogP contribution in [0.4, 0.5) is 0 Å². The van der Waals surface area contributed by atoms with Gasteiger partial charge in [-0.05, 0) is 6.04 Å². The zero-order chi connectivity index (χ0) is 7.33. The number of rotatable bonds is 4. The van der Waals surface area contributed by atoms with E-state index in [4.69, 9.17) is 0 Å². The number of hydrogen-bond donors (Lipinski definition) is 0. The Kier molecular flexibility index (Phi) is 7.58. The summed E-state index contributed by atoms with van der Waals surface area (Å²) in [5, 5.41) is 0. The third-order valence-electron chi connectivity index (χ3n) is 1.06. The quantitative estimate of drug-likeness (QED) is 0.242. The van der Waals surface area contributed by atoms with Crippen LogP contribution in [0.5, 0.6) is 0 Å². The van der Waals surface area contributed by atoms with E-state index in [0.717, 1.165) is 0 Å². The molecule has 0 aliphatic rings. The number of hydrogen-bond acceptors (Lipinski definition) is 0. The highest BCUT2D eigenvalue weighted by Gasteiger charge is 2.19. The molecule has 0 nitrogen and oxygen atoms in total. The highest BCUT2D eigenvalue weighted by molar-refractivity contribution is 14.4. The lowest BCUT2D eigenvalue weighted by Gasteiger charge is -2.06. The maximum Gasteiger partial charge on any atom is 0.253 e. The maximum atomic E-state index is 2.63. The van der Waals surface area contributed by atoms with Crippen LogP contribution in [0.25, 0.3) is 0 Å². The molecule has 0 fully saturated rings. The van der Waals surface area contributed by atoms with Gasteiger partial charge in [-0.3, -0.25) is 0 Å². The van der Waals surface area contributed by atoms with Crippen LogP contribution < -0.4 is 0 Å². The van der Waals surface area contributed by atoms with Crippen molar-refractivity contribution < 1.29 is 0 Å². The van der Waals surface area contributed by atoms with Crippen molar-refractivity contribution in [3.05, 3.63) is 0 Å². The molecule has 0 N–H and O–H groups in total. The van der Waals surface area contributed by atoms with E-state index in [1.54, 1.807) is 0 Å². The molecule has 0 heterocycles. The topological polar surface area (TPSA) is 0 Å². The van der Waals surface area contributed by atoms with Gasteiger partial charge in [0.2, 0.25) is 0 Å². The van der Waals surface area contributed by atoms with Gasteiger partial charge in [0.05, 0.1) is 0 Å². The molecule has 0 saturated carbocycles. The summed E-state index contributed by atoms with van der Waals surface area (Å²) in [6.07, 6.45) is 4.22. The molecule has 0 aromatic carbocycles. The van der Waals surface area contributed by atoms with Crippen LogP contribution in [0.1, 0.15) is 26.2 Å². The van der Waals surface area contributed by atoms with E-state index in [0.29, 0.717) is 0 Å². The van der Waals surface area contributed by atoms with Crippen LogP contribution >= 0.6 is 65.4 Å². The van der Waals surface area contributed by atoms with Gasteiger partial charge in [-0.1, -0.05) is 91.6 Å². The van der Waals surface area contributed by atoms with Crippen molar-refractivity contribution in [1.29, 1.82) is 0 Å². The second-order valence-electron chi connectivity index (χ2n) is 2.07. The Morgan fingerprint density at radius 3 is 2.00 bits per heavy atom. The highest BCUT2D eigenvalue weighted by atomic mass is 127. The van der Waals surface area contributed by atoms with E-state index in [1.165, 1.54) is 25.3 Å². The van der Waals surface area contributed by atoms with Gasteiger partial charge in [0.15, 0.2) is 0 Å². The standard InChI is InChI=1S/C5H11I3Si/c1-2-3-4-5-9(6,7)8/h2-5H2,1H3. The van der Waals surface area contributed by atoms with Crippen molar-refractivity contribution in [2.45, 2.75) is 32.2 Å². The SMILES string of the molecule is CCCCC[Si](I)(I)I. The second kappa shape index (κ2) is 5.98. The maximum absolute atomic E-state index is 2.63. The fourth-order valence-electron chi connectivity index (χ4n) is 0.575. The van der Waals surface area contributed by atoms with E-state index in [-0.39, 0.29) is 0 Å². The fourth-order valence-corrected chi connectivity index (χ4v) is 4.66. The number of unbranched alkanes of at least 4 members (excludes halogenated alkanes) is 2. The van der Waals surface area contributed by atoms with Crippen LogP contribution in [0.2, 0.25) is 6.04 Å². The van der Waals surface area contributed by atoms with Gasteiger partial charge >= 0.3 is 0 Å². The summed E-state index contributed by atoms with van der Waals surface area (Å²) in [4.78, 5) is 0. The average Bonchev–Trinajstić information content (AvgIpc) is 1.63. The largest absolute Gasteiger partial charge is 0.253 e. The molecule has 0 aromatic rings. The van der Waals surface area contributed by atoms with Crippen LogP contribution in [-0.2, 0) is 0 Å². The predicted octanol–water partition coefficient (Wildman–Crippen LogP) is 4.42. The first kappa shape index (κ1) is 11.4. The van der Waals surface area contributed by atoms with Gasteiger partial charge in [-0.15, -0.1) is 0 Å². The molecule has 56 valence electrons. The fraction of sp³-hybridized carbons (Fsp3) is 1.00. The first-order chi connectivity index (χ1) is 4.06. The molecule has 0 amide bonds. The Balaban J connectivity index is 3.07. The summed E-state index contributed by atoms with van der Waals surface area (Å²) in [5.74, 6) is 0. The normalized spacial score (nSPS) is 12.0. The molecule has 0 rings (SSSR count). The Morgan fingerprint density at radius 1 is 1.11 bits per heavy atom. The zero-order valence-electron chi connectivity index (χ0n) is 5.46. The second-order valence-corrected chi connectivity index (χ2v) is 39.0. The summed E-state index contributed by atoms with van der Waals surface area (Å²) in [5.41, 5.74) is 0. The molecular formula is C5H11I3Si.